The molecule has 3 rings (SSSR count). The average molecular weight is 278 g/mol. The van der Waals surface area contributed by atoms with Gasteiger partial charge in [0.25, 0.3) is 0 Å². The summed E-state index contributed by atoms with van der Waals surface area (Å²) in [6.45, 7) is 6.11. The first kappa shape index (κ1) is 13.6. The summed E-state index contributed by atoms with van der Waals surface area (Å²) in [5.74, 6) is -0.206. The molecule has 0 bridgehead atoms. The summed E-state index contributed by atoms with van der Waals surface area (Å²) in [4.78, 5) is 14.5. The van der Waals surface area contributed by atoms with E-state index in [1.807, 2.05) is 29.8 Å². The fraction of sp³-hybridized carbons (Fsp3) is 0.667. The molecule has 1 saturated carbocycles. The molecular formula is C15H22N2O3. The Bertz CT molecular complexity index is 461. The lowest BCUT2D eigenvalue weighted by atomic mass is 10.3. The molecule has 5 heteroatoms. The summed E-state index contributed by atoms with van der Waals surface area (Å²) in [7, 11) is 0. The normalized spacial score (nSPS) is 21.6. The minimum absolute atomic E-state index is 0.0943. The van der Waals surface area contributed by atoms with E-state index in [0.29, 0.717) is 11.7 Å². The molecule has 1 atom stereocenters. The third kappa shape index (κ3) is 3.22. The molecule has 0 amide bonds. The zero-order valence-corrected chi connectivity index (χ0v) is 12.0. The maximum atomic E-state index is 12.2. The highest BCUT2D eigenvalue weighted by Gasteiger charge is 2.28. The fourth-order valence-electron chi connectivity index (χ4n) is 2.67. The molecule has 20 heavy (non-hydrogen) atoms. The Balaban J connectivity index is 1.53. The van der Waals surface area contributed by atoms with Crippen molar-refractivity contribution in [2.45, 2.75) is 31.9 Å². The van der Waals surface area contributed by atoms with E-state index in [-0.39, 0.29) is 12.1 Å². The van der Waals surface area contributed by atoms with Gasteiger partial charge in [-0.05, 0) is 31.9 Å². The smallest absolute Gasteiger partial charge is 0.355 e. The Labute approximate surface area is 119 Å². The molecule has 2 fully saturated rings. The third-order valence-corrected chi connectivity index (χ3v) is 3.86. The standard InChI is InChI=1S/C15H22N2O3/c1-12(11-16-7-9-19-10-8-16)20-15(18)14-3-2-6-17(14)13-4-5-13/h2-3,6,12-13H,4-5,7-11H2,1H3/t12-/m1/s1. The molecule has 0 spiro atoms. The van der Waals surface area contributed by atoms with Crippen LogP contribution >= 0.6 is 0 Å². The van der Waals surface area contributed by atoms with E-state index < -0.39 is 0 Å². The van der Waals surface area contributed by atoms with Gasteiger partial charge in [-0.1, -0.05) is 0 Å². The fourth-order valence-corrected chi connectivity index (χ4v) is 2.67. The number of aromatic nitrogens is 1. The van der Waals surface area contributed by atoms with Crippen LogP contribution in [0.2, 0.25) is 0 Å². The highest BCUT2D eigenvalue weighted by atomic mass is 16.5. The van der Waals surface area contributed by atoms with Gasteiger partial charge < -0.3 is 14.0 Å². The van der Waals surface area contributed by atoms with E-state index in [9.17, 15) is 4.79 Å². The number of ether oxygens (including phenoxy) is 2. The van der Waals surface area contributed by atoms with Crippen LogP contribution in [-0.4, -0.2) is 54.4 Å². The SMILES string of the molecule is C[C@H](CN1CCOCC1)OC(=O)c1cccn1C1CC1. The van der Waals surface area contributed by atoms with Crippen LogP contribution in [0.5, 0.6) is 0 Å². The molecular weight excluding hydrogens is 256 g/mol. The number of esters is 1. The van der Waals surface area contributed by atoms with Gasteiger partial charge in [0.15, 0.2) is 0 Å². The second-order valence-electron chi connectivity index (χ2n) is 5.66. The van der Waals surface area contributed by atoms with Crippen molar-refractivity contribution in [1.29, 1.82) is 0 Å². The van der Waals surface area contributed by atoms with Gasteiger partial charge in [0.2, 0.25) is 0 Å². The van der Waals surface area contributed by atoms with Gasteiger partial charge in [-0.25, -0.2) is 4.79 Å². The number of nitrogens with zero attached hydrogens (tertiary/aromatic N) is 2. The summed E-state index contributed by atoms with van der Waals surface area (Å²) >= 11 is 0. The first-order valence-corrected chi connectivity index (χ1v) is 7.42. The molecule has 110 valence electrons. The van der Waals surface area contributed by atoms with Crippen molar-refractivity contribution in [3.8, 4) is 0 Å². The monoisotopic (exact) mass is 278 g/mol. The highest BCUT2D eigenvalue weighted by Crippen LogP contribution is 2.36. The van der Waals surface area contributed by atoms with Crippen LogP contribution in [0.25, 0.3) is 0 Å². The first-order chi connectivity index (χ1) is 9.74. The number of hydrogen-bond acceptors (Lipinski definition) is 4. The van der Waals surface area contributed by atoms with Crippen LogP contribution in [-0.2, 0) is 9.47 Å². The van der Waals surface area contributed by atoms with Gasteiger partial charge in [-0.2, -0.15) is 0 Å². The molecule has 0 aromatic carbocycles. The first-order valence-electron chi connectivity index (χ1n) is 7.42. The minimum Gasteiger partial charge on any atom is -0.457 e. The maximum absolute atomic E-state index is 12.2. The summed E-state index contributed by atoms with van der Waals surface area (Å²) in [5, 5.41) is 0. The molecule has 0 unspecified atom stereocenters. The van der Waals surface area contributed by atoms with E-state index in [2.05, 4.69) is 4.90 Å². The lowest BCUT2D eigenvalue weighted by Gasteiger charge is -2.28. The number of carbonyl (C=O) groups is 1. The number of carbonyl (C=O) groups excluding carboxylic acids is 1. The minimum atomic E-state index is -0.206. The van der Waals surface area contributed by atoms with E-state index in [1.165, 1.54) is 0 Å². The molecule has 0 N–H and O–H groups in total. The predicted molar refractivity (Wildman–Crippen MR) is 74.8 cm³/mol. The Morgan fingerprint density at radius 2 is 2.20 bits per heavy atom. The van der Waals surface area contributed by atoms with Crippen LogP contribution in [0.15, 0.2) is 18.3 Å². The second kappa shape index (κ2) is 5.97. The molecule has 1 aliphatic heterocycles. The largest absolute Gasteiger partial charge is 0.457 e. The van der Waals surface area contributed by atoms with E-state index in [4.69, 9.17) is 9.47 Å². The Morgan fingerprint density at radius 3 is 2.90 bits per heavy atom. The average Bonchev–Trinajstić information content (AvgIpc) is 3.16. The Hall–Kier alpha value is -1.33. The van der Waals surface area contributed by atoms with Crippen molar-refractivity contribution in [1.82, 2.24) is 9.47 Å². The van der Waals surface area contributed by atoms with Crippen molar-refractivity contribution in [2.75, 3.05) is 32.8 Å². The molecule has 2 aliphatic rings. The van der Waals surface area contributed by atoms with Crippen molar-refractivity contribution in [2.24, 2.45) is 0 Å². The molecule has 2 heterocycles. The van der Waals surface area contributed by atoms with Gasteiger partial charge in [0, 0.05) is 31.9 Å². The summed E-state index contributed by atoms with van der Waals surface area (Å²) in [5.41, 5.74) is 0.682. The third-order valence-electron chi connectivity index (χ3n) is 3.86. The van der Waals surface area contributed by atoms with Crippen LogP contribution in [0.3, 0.4) is 0 Å². The van der Waals surface area contributed by atoms with Crippen LogP contribution in [0, 0.1) is 0 Å². The zero-order valence-electron chi connectivity index (χ0n) is 12.0. The number of rotatable bonds is 5. The lowest BCUT2D eigenvalue weighted by molar-refractivity contribution is -0.000147. The summed E-state index contributed by atoms with van der Waals surface area (Å²) in [6.07, 6.45) is 4.21. The van der Waals surface area contributed by atoms with Gasteiger partial charge in [-0.3, -0.25) is 4.90 Å². The number of morpholine rings is 1. The van der Waals surface area contributed by atoms with Gasteiger partial charge in [0.05, 0.1) is 13.2 Å². The van der Waals surface area contributed by atoms with Crippen molar-refractivity contribution in [3.63, 3.8) is 0 Å². The Kier molecular flexibility index (Phi) is 4.08. The quantitative estimate of drug-likeness (QED) is 0.769. The predicted octanol–water partition coefficient (Wildman–Crippen LogP) is 1.70. The number of hydrogen-bond donors (Lipinski definition) is 0. The molecule has 1 aliphatic carbocycles. The molecule has 5 nitrogen and oxygen atoms in total. The molecule has 0 radical (unpaired) electrons. The van der Waals surface area contributed by atoms with Crippen LogP contribution in [0.4, 0.5) is 0 Å². The van der Waals surface area contributed by atoms with Crippen LogP contribution < -0.4 is 0 Å². The molecule has 1 saturated heterocycles. The van der Waals surface area contributed by atoms with Gasteiger partial charge in [0.1, 0.15) is 11.8 Å². The van der Waals surface area contributed by atoms with E-state index >= 15 is 0 Å². The zero-order chi connectivity index (χ0) is 13.9. The highest BCUT2D eigenvalue weighted by molar-refractivity contribution is 5.88. The summed E-state index contributed by atoms with van der Waals surface area (Å²) < 4.78 is 12.9. The van der Waals surface area contributed by atoms with E-state index in [0.717, 1.165) is 45.7 Å². The summed E-state index contributed by atoms with van der Waals surface area (Å²) in [6, 6.07) is 4.27. The molecule has 1 aromatic rings. The lowest BCUT2D eigenvalue weighted by Crippen LogP contribution is -2.41. The van der Waals surface area contributed by atoms with Crippen LogP contribution in [0.1, 0.15) is 36.3 Å². The second-order valence-corrected chi connectivity index (χ2v) is 5.66. The maximum Gasteiger partial charge on any atom is 0.355 e. The van der Waals surface area contributed by atoms with E-state index in [1.54, 1.807) is 0 Å². The van der Waals surface area contributed by atoms with Crippen molar-refractivity contribution in [3.05, 3.63) is 24.0 Å². The topological polar surface area (TPSA) is 43.7 Å². The van der Waals surface area contributed by atoms with Crippen molar-refractivity contribution < 1.29 is 14.3 Å². The van der Waals surface area contributed by atoms with Gasteiger partial charge >= 0.3 is 5.97 Å². The van der Waals surface area contributed by atoms with Gasteiger partial charge in [-0.15, -0.1) is 0 Å². The Morgan fingerprint density at radius 1 is 1.45 bits per heavy atom. The molecule has 1 aromatic heterocycles. The van der Waals surface area contributed by atoms with Crippen molar-refractivity contribution >= 4 is 5.97 Å².